The maximum atomic E-state index is 14.3. The second kappa shape index (κ2) is 14.4. The van der Waals surface area contributed by atoms with E-state index in [4.69, 9.17) is 14.5 Å². The number of esters is 1. The Morgan fingerprint density at radius 3 is 2.25 bits per heavy atom. The number of hydrogen-bond donors (Lipinski definition) is 2. The molecule has 8 rings (SSSR count). The van der Waals surface area contributed by atoms with Crippen molar-refractivity contribution in [2.24, 2.45) is 61.7 Å². The average molecular weight is 822 g/mol. The number of carbonyl (C=O) groups excluding carboxylic acids is 4. The Morgan fingerprint density at radius 1 is 0.867 bits per heavy atom. The molecule has 5 fully saturated rings. The summed E-state index contributed by atoms with van der Waals surface area (Å²) in [5, 5.41) is 6.82. The highest BCUT2D eigenvalue weighted by Gasteiger charge is 2.70. The summed E-state index contributed by atoms with van der Waals surface area (Å²) in [6, 6.07) is 10.0. The molecule has 9 nitrogen and oxygen atoms in total. The molecule has 0 bridgehead atoms. The molecule has 0 spiro atoms. The first-order valence-electron chi connectivity index (χ1n) is 23.0. The number of allylic oxidation sites excluding steroid dienone is 2. The molecule has 0 aromatic heterocycles. The molecule has 2 N–H and O–H groups in total. The first-order valence-corrected chi connectivity index (χ1v) is 23.0. The summed E-state index contributed by atoms with van der Waals surface area (Å²) < 4.78 is 11.8. The largest absolute Gasteiger partial charge is 0.464 e. The number of rotatable bonds is 9. The SMILES string of the molecule is CC(C)C1=C2[C@H]3CC[C@@H]4[C@@]5(C)CC[C@H](OC(=O)[C@H]6C[C@@H](OC=O)C6(C)C)C(C)(C)[C@@H]5CC[C@@]4(C)[C@]3(C)CC[C@@]2(NC(=O)NC(C)(C)C2=NC=C(c3ccccc3)C2)CC1=O. The van der Waals surface area contributed by atoms with Crippen molar-refractivity contribution in [2.75, 3.05) is 0 Å². The van der Waals surface area contributed by atoms with Crippen molar-refractivity contribution < 1.29 is 28.7 Å². The van der Waals surface area contributed by atoms with Crippen LogP contribution >= 0.6 is 0 Å². The lowest BCUT2D eigenvalue weighted by Gasteiger charge is -2.72. The third-order valence-corrected chi connectivity index (χ3v) is 18.7. The summed E-state index contributed by atoms with van der Waals surface area (Å²) in [7, 11) is 0. The fraction of sp³-hybridized carbons (Fsp3) is 0.706. The standard InChI is InChI=1S/C51H71N3O6/c1-30(2)41-35(56)27-51(54-44(58)53-47(7,8)38-25-32(28-52-38)31-15-13-12-14-16-31)24-23-49(10)33(42(41)51)17-18-37-48(9)21-20-39(46(5,6)36(48)19-22-50(37,49)11)60-43(57)34-26-40(59-29-55)45(34,3)4/h12-16,28-30,33-34,36-37,39-40H,17-27H2,1-11H3,(H2,53,54,58)/t33-,34-,36+,37-,39+,40-,48+,49-,50-,51-/m1/s1. The molecule has 0 radical (unpaired) electrons. The van der Waals surface area contributed by atoms with E-state index in [-0.39, 0.29) is 69.4 Å². The minimum absolute atomic E-state index is 0.0333. The number of hydrogen-bond acceptors (Lipinski definition) is 7. The van der Waals surface area contributed by atoms with E-state index < -0.39 is 16.5 Å². The van der Waals surface area contributed by atoms with Crippen LogP contribution in [0.25, 0.3) is 5.57 Å². The Bertz CT molecular complexity index is 2050. The number of nitrogens with zero attached hydrogens (tertiary/aromatic N) is 1. The van der Waals surface area contributed by atoms with Gasteiger partial charge in [0.2, 0.25) is 0 Å². The predicted molar refractivity (Wildman–Crippen MR) is 235 cm³/mol. The lowest BCUT2D eigenvalue weighted by molar-refractivity contribution is -0.236. The van der Waals surface area contributed by atoms with Crippen LogP contribution in [0.2, 0.25) is 0 Å². The summed E-state index contributed by atoms with van der Waals surface area (Å²) in [5.41, 5.74) is 3.40. The Hall–Kier alpha value is -3.75. The highest BCUT2D eigenvalue weighted by Crippen LogP contribution is 2.76. The monoisotopic (exact) mass is 822 g/mol. The molecule has 1 aromatic rings. The minimum atomic E-state index is -0.700. The fourth-order valence-electron chi connectivity index (χ4n) is 15.0. The van der Waals surface area contributed by atoms with Crippen LogP contribution in [0, 0.1) is 56.7 Å². The third kappa shape index (κ3) is 6.30. The van der Waals surface area contributed by atoms with Gasteiger partial charge in [-0.05, 0) is 134 Å². The Labute approximate surface area is 358 Å². The van der Waals surface area contributed by atoms with Gasteiger partial charge in [-0.1, -0.05) is 92.6 Å². The molecule has 1 aromatic carbocycles. The van der Waals surface area contributed by atoms with Gasteiger partial charge < -0.3 is 20.1 Å². The summed E-state index contributed by atoms with van der Waals surface area (Å²) in [6.45, 7) is 25.1. The van der Waals surface area contributed by atoms with Gasteiger partial charge in [0.05, 0.1) is 17.0 Å². The molecule has 0 saturated heterocycles. The van der Waals surface area contributed by atoms with Gasteiger partial charge in [-0.2, -0.15) is 0 Å². The maximum absolute atomic E-state index is 14.3. The number of ketones is 1. The Morgan fingerprint density at radius 2 is 1.58 bits per heavy atom. The van der Waals surface area contributed by atoms with E-state index in [1.807, 2.05) is 52.1 Å². The first kappa shape index (κ1) is 42.9. The quantitative estimate of drug-likeness (QED) is 0.189. The lowest BCUT2D eigenvalue weighted by atomic mass is 9.33. The molecule has 9 heteroatoms. The number of aliphatic imine (C=N–C) groups is 1. The summed E-state index contributed by atoms with van der Waals surface area (Å²) in [6.07, 6.45) is 10.8. The fourth-order valence-corrected chi connectivity index (χ4v) is 15.0. The maximum Gasteiger partial charge on any atom is 0.316 e. The van der Waals surface area contributed by atoms with Crippen LogP contribution in [-0.4, -0.2) is 53.3 Å². The number of benzene rings is 1. The first-order chi connectivity index (χ1) is 28.1. The number of urea groups is 1. The molecule has 5 saturated carbocycles. The molecule has 326 valence electrons. The predicted octanol–water partition coefficient (Wildman–Crippen LogP) is 10.2. The molecule has 7 aliphatic rings. The second-order valence-corrected chi connectivity index (χ2v) is 22.9. The summed E-state index contributed by atoms with van der Waals surface area (Å²) in [5.74, 6) is 0.911. The van der Waals surface area contributed by atoms with Crippen LogP contribution in [0.4, 0.5) is 4.79 Å². The number of amides is 2. The number of nitrogens with one attached hydrogen (secondary N) is 2. The molecule has 10 atom stereocenters. The van der Waals surface area contributed by atoms with Gasteiger partial charge >= 0.3 is 12.0 Å². The van der Waals surface area contributed by atoms with Crippen LogP contribution in [0.5, 0.6) is 0 Å². The van der Waals surface area contributed by atoms with Crippen molar-refractivity contribution in [2.45, 2.75) is 170 Å². The second-order valence-electron chi connectivity index (χ2n) is 22.9. The smallest absolute Gasteiger partial charge is 0.316 e. The zero-order chi connectivity index (χ0) is 43.4. The van der Waals surface area contributed by atoms with Gasteiger partial charge in [-0.25, -0.2) is 4.79 Å². The summed E-state index contributed by atoms with van der Waals surface area (Å²) >= 11 is 0. The number of carbonyl (C=O) groups is 4. The zero-order valence-electron chi connectivity index (χ0n) is 38.3. The molecule has 60 heavy (non-hydrogen) atoms. The zero-order valence-corrected chi connectivity index (χ0v) is 38.3. The molecular weight excluding hydrogens is 751 g/mol. The van der Waals surface area contributed by atoms with E-state index in [1.165, 1.54) is 5.57 Å². The normalized spacial score (nSPS) is 38.9. The number of ether oxygens (including phenoxy) is 2. The van der Waals surface area contributed by atoms with Gasteiger partial charge in [-0.15, -0.1) is 0 Å². The minimum Gasteiger partial charge on any atom is -0.464 e. The average Bonchev–Trinajstić information content (AvgIpc) is 3.78. The Kier molecular flexibility index (Phi) is 10.3. The van der Waals surface area contributed by atoms with Crippen LogP contribution in [0.15, 0.2) is 52.7 Å². The lowest BCUT2D eigenvalue weighted by Crippen LogP contribution is -2.68. The van der Waals surface area contributed by atoms with Crippen molar-refractivity contribution in [3.05, 3.63) is 53.2 Å². The Balaban J connectivity index is 1.01. The van der Waals surface area contributed by atoms with Gasteiger partial charge in [0.25, 0.3) is 6.47 Å². The van der Waals surface area contributed by atoms with E-state index in [0.29, 0.717) is 37.6 Å². The van der Waals surface area contributed by atoms with Crippen molar-refractivity contribution in [3.63, 3.8) is 0 Å². The van der Waals surface area contributed by atoms with Gasteiger partial charge in [0.1, 0.15) is 12.2 Å². The van der Waals surface area contributed by atoms with Crippen molar-refractivity contribution >= 4 is 35.5 Å². The third-order valence-electron chi connectivity index (χ3n) is 18.7. The van der Waals surface area contributed by atoms with Crippen molar-refractivity contribution in [3.8, 4) is 0 Å². The molecule has 1 aliphatic heterocycles. The molecule has 6 aliphatic carbocycles. The molecule has 1 heterocycles. The van der Waals surface area contributed by atoms with Crippen LogP contribution < -0.4 is 10.6 Å². The van der Waals surface area contributed by atoms with E-state index in [1.54, 1.807) is 0 Å². The number of fused-ring (bicyclic) bond motifs is 7. The van der Waals surface area contributed by atoms with Crippen LogP contribution in [0.3, 0.4) is 0 Å². The number of Topliss-reactive ketones (excluding diaryl/α,β-unsaturated/α-hetero) is 1. The topological polar surface area (TPSA) is 123 Å². The van der Waals surface area contributed by atoms with Crippen LogP contribution in [0.1, 0.15) is 152 Å². The highest BCUT2D eigenvalue weighted by atomic mass is 16.6. The van der Waals surface area contributed by atoms with E-state index in [9.17, 15) is 19.2 Å². The molecular formula is C51H71N3O6. The van der Waals surface area contributed by atoms with Gasteiger partial charge in [-0.3, -0.25) is 19.4 Å². The van der Waals surface area contributed by atoms with E-state index in [2.05, 4.69) is 71.2 Å². The van der Waals surface area contributed by atoms with E-state index >= 15 is 0 Å². The van der Waals surface area contributed by atoms with Crippen LogP contribution in [-0.2, 0) is 23.9 Å². The van der Waals surface area contributed by atoms with E-state index in [0.717, 1.165) is 73.8 Å². The van der Waals surface area contributed by atoms with Crippen molar-refractivity contribution in [1.29, 1.82) is 0 Å². The van der Waals surface area contributed by atoms with Gasteiger partial charge in [0, 0.05) is 35.6 Å². The van der Waals surface area contributed by atoms with Crippen molar-refractivity contribution in [1.82, 2.24) is 10.6 Å². The molecule has 0 unspecified atom stereocenters. The van der Waals surface area contributed by atoms with Gasteiger partial charge in [0.15, 0.2) is 5.78 Å². The molecule has 2 amide bonds. The highest BCUT2D eigenvalue weighted by molar-refractivity contribution is 6.06. The summed E-state index contributed by atoms with van der Waals surface area (Å²) in [4.78, 5) is 58.1.